The van der Waals surface area contributed by atoms with Gasteiger partial charge in [0.05, 0.1) is 0 Å². The molecule has 138 valence electrons. The number of hydrogen-bond acceptors (Lipinski definition) is 3. The van der Waals surface area contributed by atoms with Crippen LogP contribution in [0.4, 0.5) is 5.69 Å². The number of anilines is 1. The molecule has 0 radical (unpaired) electrons. The zero-order valence-electron chi connectivity index (χ0n) is 15.7. The number of carbonyl (C=O) groups is 1. The van der Waals surface area contributed by atoms with Gasteiger partial charge in [0.1, 0.15) is 5.56 Å². The third-order valence-electron chi connectivity index (χ3n) is 4.47. The van der Waals surface area contributed by atoms with E-state index in [1.54, 1.807) is 6.07 Å². The van der Waals surface area contributed by atoms with Crippen molar-refractivity contribution < 1.29 is 4.79 Å². The molecular weight excluding hydrogens is 338 g/mol. The van der Waals surface area contributed by atoms with Gasteiger partial charge in [-0.25, -0.2) is 0 Å². The molecular formula is C22H23N3O2. The van der Waals surface area contributed by atoms with Crippen LogP contribution in [0.15, 0.2) is 65.5 Å². The van der Waals surface area contributed by atoms with Gasteiger partial charge in [0.15, 0.2) is 0 Å². The summed E-state index contributed by atoms with van der Waals surface area (Å²) in [5.74, 6) is -0.384. The lowest BCUT2D eigenvalue weighted by molar-refractivity contribution is 0.0949. The van der Waals surface area contributed by atoms with Gasteiger partial charge >= 0.3 is 0 Å². The predicted octanol–water partition coefficient (Wildman–Crippen LogP) is 3.35. The molecule has 0 spiro atoms. The second-order valence-electron chi connectivity index (χ2n) is 6.66. The predicted molar refractivity (Wildman–Crippen MR) is 109 cm³/mol. The molecule has 0 saturated carbocycles. The Morgan fingerprint density at radius 2 is 1.70 bits per heavy atom. The van der Waals surface area contributed by atoms with E-state index in [4.69, 9.17) is 0 Å². The third-order valence-corrected chi connectivity index (χ3v) is 4.47. The summed E-state index contributed by atoms with van der Waals surface area (Å²) in [7, 11) is 3.95. The standard InChI is InChI=1S/C22H23N3O2/c1-15-19(17-7-5-4-6-8-17)13-20(22(27)24-15)21(26)23-14-16-9-11-18(12-10-16)25(2)3/h4-13H,14H2,1-3H3,(H,23,26)(H,24,27). The first-order valence-electron chi connectivity index (χ1n) is 8.79. The summed E-state index contributed by atoms with van der Waals surface area (Å²) in [6.07, 6.45) is 0. The van der Waals surface area contributed by atoms with Crippen molar-refractivity contribution in [2.24, 2.45) is 0 Å². The monoisotopic (exact) mass is 361 g/mol. The van der Waals surface area contributed by atoms with Crippen molar-refractivity contribution in [1.82, 2.24) is 10.3 Å². The lowest BCUT2D eigenvalue weighted by Gasteiger charge is -2.13. The maximum Gasteiger partial charge on any atom is 0.261 e. The molecule has 0 aliphatic heterocycles. The number of aromatic nitrogens is 1. The van der Waals surface area contributed by atoms with Crippen molar-refractivity contribution in [2.75, 3.05) is 19.0 Å². The highest BCUT2D eigenvalue weighted by atomic mass is 16.2. The van der Waals surface area contributed by atoms with E-state index >= 15 is 0 Å². The summed E-state index contributed by atoms with van der Waals surface area (Å²) < 4.78 is 0. The molecule has 0 aliphatic carbocycles. The van der Waals surface area contributed by atoms with Gasteiger partial charge in [-0.15, -0.1) is 0 Å². The number of aryl methyl sites for hydroxylation is 1. The SMILES string of the molecule is Cc1[nH]c(=O)c(C(=O)NCc2ccc(N(C)C)cc2)cc1-c1ccccc1. The van der Waals surface area contributed by atoms with E-state index in [-0.39, 0.29) is 17.0 Å². The van der Waals surface area contributed by atoms with Gasteiger partial charge in [-0.1, -0.05) is 42.5 Å². The normalized spacial score (nSPS) is 10.5. The van der Waals surface area contributed by atoms with Gasteiger partial charge in [-0.3, -0.25) is 9.59 Å². The van der Waals surface area contributed by atoms with Crippen LogP contribution in [-0.2, 0) is 6.54 Å². The lowest BCUT2D eigenvalue weighted by Crippen LogP contribution is -2.29. The van der Waals surface area contributed by atoms with Crippen LogP contribution in [0.5, 0.6) is 0 Å². The maximum absolute atomic E-state index is 12.6. The Morgan fingerprint density at radius 1 is 1.04 bits per heavy atom. The summed E-state index contributed by atoms with van der Waals surface area (Å²) >= 11 is 0. The van der Waals surface area contributed by atoms with E-state index in [0.29, 0.717) is 6.54 Å². The topological polar surface area (TPSA) is 65.2 Å². The summed E-state index contributed by atoms with van der Waals surface area (Å²) in [5, 5.41) is 2.83. The fourth-order valence-corrected chi connectivity index (χ4v) is 2.90. The van der Waals surface area contributed by atoms with Gasteiger partial charge in [0.2, 0.25) is 0 Å². The molecule has 3 rings (SSSR count). The summed E-state index contributed by atoms with van der Waals surface area (Å²) in [4.78, 5) is 29.6. The Labute approximate surface area is 158 Å². The highest BCUT2D eigenvalue weighted by Crippen LogP contribution is 2.21. The van der Waals surface area contributed by atoms with Gasteiger partial charge in [0, 0.05) is 37.6 Å². The average molecular weight is 361 g/mol. The van der Waals surface area contributed by atoms with Crippen LogP contribution in [-0.4, -0.2) is 25.0 Å². The number of nitrogens with one attached hydrogen (secondary N) is 2. The number of rotatable bonds is 5. The molecule has 2 aromatic carbocycles. The summed E-state index contributed by atoms with van der Waals surface area (Å²) in [5.41, 5.74) is 4.34. The first kappa shape index (κ1) is 18.5. The van der Waals surface area contributed by atoms with Crippen molar-refractivity contribution in [3.8, 4) is 11.1 Å². The van der Waals surface area contributed by atoms with E-state index in [9.17, 15) is 9.59 Å². The van der Waals surface area contributed by atoms with Crippen LogP contribution >= 0.6 is 0 Å². The first-order chi connectivity index (χ1) is 13.0. The zero-order chi connectivity index (χ0) is 19.4. The van der Waals surface area contributed by atoms with E-state index in [1.807, 2.05) is 80.5 Å². The molecule has 1 heterocycles. The van der Waals surface area contributed by atoms with E-state index in [0.717, 1.165) is 28.1 Å². The second-order valence-corrected chi connectivity index (χ2v) is 6.66. The lowest BCUT2D eigenvalue weighted by atomic mass is 10.0. The largest absolute Gasteiger partial charge is 0.378 e. The minimum Gasteiger partial charge on any atom is -0.378 e. The maximum atomic E-state index is 12.6. The van der Waals surface area contributed by atoms with Gasteiger partial charge < -0.3 is 15.2 Å². The van der Waals surface area contributed by atoms with Crippen LogP contribution in [0.3, 0.4) is 0 Å². The Kier molecular flexibility index (Phi) is 5.41. The molecule has 0 unspecified atom stereocenters. The molecule has 1 aromatic heterocycles. The number of amides is 1. The fraction of sp³-hybridized carbons (Fsp3) is 0.182. The van der Waals surface area contributed by atoms with Crippen LogP contribution < -0.4 is 15.8 Å². The van der Waals surface area contributed by atoms with Crippen molar-refractivity contribution in [1.29, 1.82) is 0 Å². The Balaban J connectivity index is 1.79. The molecule has 0 atom stereocenters. The van der Waals surface area contributed by atoms with Gasteiger partial charge in [-0.2, -0.15) is 0 Å². The third kappa shape index (κ3) is 4.26. The number of pyridine rings is 1. The van der Waals surface area contributed by atoms with Gasteiger partial charge in [0.25, 0.3) is 11.5 Å². The number of hydrogen-bond donors (Lipinski definition) is 2. The Morgan fingerprint density at radius 3 is 2.33 bits per heavy atom. The van der Waals surface area contributed by atoms with Crippen molar-refractivity contribution in [3.63, 3.8) is 0 Å². The highest BCUT2D eigenvalue weighted by molar-refractivity contribution is 5.95. The quantitative estimate of drug-likeness (QED) is 0.732. The number of aromatic amines is 1. The Hall–Kier alpha value is -3.34. The molecule has 0 fully saturated rings. The first-order valence-corrected chi connectivity index (χ1v) is 8.79. The minimum absolute atomic E-state index is 0.115. The van der Waals surface area contributed by atoms with Crippen molar-refractivity contribution >= 4 is 11.6 Å². The van der Waals surface area contributed by atoms with Gasteiger partial charge in [-0.05, 0) is 36.2 Å². The van der Waals surface area contributed by atoms with Crippen molar-refractivity contribution in [2.45, 2.75) is 13.5 Å². The molecule has 0 aliphatic rings. The highest BCUT2D eigenvalue weighted by Gasteiger charge is 2.14. The molecule has 27 heavy (non-hydrogen) atoms. The number of benzene rings is 2. The summed E-state index contributed by atoms with van der Waals surface area (Å²) in [6.45, 7) is 2.19. The molecule has 5 nitrogen and oxygen atoms in total. The molecule has 3 aromatic rings. The molecule has 1 amide bonds. The van der Waals surface area contributed by atoms with Crippen LogP contribution in [0.1, 0.15) is 21.6 Å². The van der Waals surface area contributed by atoms with E-state index in [2.05, 4.69) is 10.3 Å². The molecule has 2 N–H and O–H groups in total. The molecule has 0 saturated heterocycles. The minimum atomic E-state index is -0.384. The van der Waals surface area contributed by atoms with Crippen LogP contribution in [0, 0.1) is 6.92 Å². The summed E-state index contributed by atoms with van der Waals surface area (Å²) in [6, 6.07) is 19.3. The van der Waals surface area contributed by atoms with Crippen molar-refractivity contribution in [3.05, 3.63) is 87.8 Å². The zero-order valence-corrected chi connectivity index (χ0v) is 15.7. The van der Waals surface area contributed by atoms with Crippen LogP contribution in [0.25, 0.3) is 11.1 Å². The number of carbonyl (C=O) groups excluding carboxylic acids is 1. The van der Waals surface area contributed by atoms with Crippen LogP contribution in [0.2, 0.25) is 0 Å². The smallest absolute Gasteiger partial charge is 0.261 e. The second kappa shape index (κ2) is 7.91. The fourth-order valence-electron chi connectivity index (χ4n) is 2.90. The van der Waals surface area contributed by atoms with E-state index in [1.165, 1.54) is 0 Å². The number of H-pyrrole nitrogens is 1. The molecule has 0 bridgehead atoms. The average Bonchev–Trinajstić information content (AvgIpc) is 2.67. The number of nitrogens with zero attached hydrogens (tertiary/aromatic N) is 1. The Bertz CT molecular complexity index is 990. The molecule has 5 heteroatoms. The van der Waals surface area contributed by atoms with E-state index < -0.39 is 0 Å².